The molecule has 2 aromatic carbocycles. The number of aromatic hydroxyl groups is 1. The van der Waals surface area contributed by atoms with Gasteiger partial charge in [-0.1, -0.05) is 12.1 Å². The summed E-state index contributed by atoms with van der Waals surface area (Å²) in [6.07, 6.45) is 0.878. The van der Waals surface area contributed by atoms with Crippen molar-refractivity contribution in [3.05, 3.63) is 69.6 Å². The van der Waals surface area contributed by atoms with E-state index in [1.54, 1.807) is 26.2 Å². The Hall–Kier alpha value is -2.79. The van der Waals surface area contributed by atoms with Crippen LogP contribution in [0.25, 0.3) is 11.0 Å². The molecule has 0 fully saturated rings. The van der Waals surface area contributed by atoms with Gasteiger partial charge >= 0.3 is 5.63 Å². The zero-order chi connectivity index (χ0) is 17.8. The van der Waals surface area contributed by atoms with Crippen molar-refractivity contribution in [2.45, 2.75) is 19.9 Å². The normalized spacial score (nSPS) is 11.0. The fourth-order valence-electron chi connectivity index (χ4n) is 2.81. The van der Waals surface area contributed by atoms with Gasteiger partial charge in [0.2, 0.25) is 0 Å². The zero-order valence-electron chi connectivity index (χ0n) is 14.3. The monoisotopic (exact) mass is 339 g/mol. The van der Waals surface area contributed by atoms with E-state index in [4.69, 9.17) is 9.15 Å². The molecule has 130 valence electrons. The van der Waals surface area contributed by atoms with Crippen molar-refractivity contribution in [2.75, 3.05) is 13.7 Å². The van der Waals surface area contributed by atoms with Crippen LogP contribution in [0.3, 0.4) is 0 Å². The lowest BCUT2D eigenvalue weighted by atomic mass is 10.1. The lowest BCUT2D eigenvalue weighted by Crippen LogP contribution is -2.18. The topological polar surface area (TPSA) is 71.7 Å². The maximum absolute atomic E-state index is 11.8. The third-order valence-corrected chi connectivity index (χ3v) is 4.28. The highest BCUT2D eigenvalue weighted by atomic mass is 16.5. The van der Waals surface area contributed by atoms with Gasteiger partial charge in [-0.3, -0.25) is 0 Å². The third kappa shape index (κ3) is 3.83. The van der Waals surface area contributed by atoms with Gasteiger partial charge in [-0.15, -0.1) is 0 Å². The summed E-state index contributed by atoms with van der Waals surface area (Å²) in [5.41, 5.74) is 2.69. The summed E-state index contributed by atoms with van der Waals surface area (Å²) in [5.74, 6) is 0.970. The Balaban J connectivity index is 1.68. The molecule has 0 radical (unpaired) electrons. The first-order valence-corrected chi connectivity index (χ1v) is 8.17. The van der Waals surface area contributed by atoms with Gasteiger partial charge in [0.05, 0.1) is 7.11 Å². The maximum Gasteiger partial charge on any atom is 0.336 e. The third-order valence-electron chi connectivity index (χ3n) is 4.28. The number of phenolic OH excluding ortho intramolecular Hbond substituents is 1. The fraction of sp³-hybridized carbons (Fsp3) is 0.250. The molecule has 0 amide bonds. The van der Waals surface area contributed by atoms with Gasteiger partial charge in [0.25, 0.3) is 0 Å². The largest absolute Gasteiger partial charge is 0.508 e. The average molecular weight is 339 g/mol. The summed E-state index contributed by atoms with van der Waals surface area (Å²) in [4.78, 5) is 11.8. The Bertz CT molecular complexity index is 929. The van der Waals surface area contributed by atoms with Crippen LogP contribution in [0.1, 0.15) is 16.7 Å². The van der Waals surface area contributed by atoms with E-state index in [-0.39, 0.29) is 5.75 Å². The average Bonchev–Trinajstić information content (AvgIpc) is 2.62. The number of benzene rings is 2. The first kappa shape index (κ1) is 17.0. The van der Waals surface area contributed by atoms with Crippen LogP contribution in [-0.4, -0.2) is 18.8 Å². The number of methoxy groups -OCH3 is 1. The Morgan fingerprint density at radius 2 is 1.92 bits per heavy atom. The molecule has 0 saturated heterocycles. The number of ether oxygens (including phenoxy) is 1. The van der Waals surface area contributed by atoms with E-state index in [1.807, 2.05) is 24.3 Å². The minimum Gasteiger partial charge on any atom is -0.508 e. The van der Waals surface area contributed by atoms with Crippen LogP contribution >= 0.6 is 0 Å². The lowest BCUT2D eigenvalue weighted by Gasteiger charge is -2.10. The van der Waals surface area contributed by atoms with Crippen LogP contribution in [0.15, 0.2) is 51.7 Å². The minimum absolute atomic E-state index is 0.125. The Labute approximate surface area is 145 Å². The fourth-order valence-corrected chi connectivity index (χ4v) is 2.81. The van der Waals surface area contributed by atoms with Crippen molar-refractivity contribution in [1.29, 1.82) is 0 Å². The zero-order valence-corrected chi connectivity index (χ0v) is 14.3. The van der Waals surface area contributed by atoms with Crippen molar-refractivity contribution in [1.82, 2.24) is 5.32 Å². The van der Waals surface area contributed by atoms with Crippen molar-refractivity contribution in [2.24, 2.45) is 0 Å². The van der Waals surface area contributed by atoms with E-state index in [9.17, 15) is 9.90 Å². The highest BCUT2D eigenvalue weighted by Crippen LogP contribution is 2.27. The second-order valence-electron chi connectivity index (χ2n) is 5.95. The number of fused-ring (bicyclic) bond motifs is 1. The summed E-state index contributed by atoms with van der Waals surface area (Å²) in [7, 11) is 1.65. The van der Waals surface area contributed by atoms with Gasteiger partial charge in [0, 0.05) is 23.6 Å². The van der Waals surface area contributed by atoms with Gasteiger partial charge in [-0.05, 0) is 55.3 Å². The van der Waals surface area contributed by atoms with Gasteiger partial charge in [0.15, 0.2) is 0 Å². The van der Waals surface area contributed by atoms with E-state index in [2.05, 4.69) is 5.32 Å². The quantitative estimate of drug-likeness (QED) is 0.533. The van der Waals surface area contributed by atoms with Crippen LogP contribution in [0.2, 0.25) is 0 Å². The molecule has 0 aliphatic carbocycles. The summed E-state index contributed by atoms with van der Waals surface area (Å²) in [6.45, 7) is 3.08. The molecular formula is C20H21NO4. The number of nitrogens with one attached hydrogen (secondary N) is 1. The van der Waals surface area contributed by atoms with Crippen LogP contribution in [0.4, 0.5) is 0 Å². The smallest absolute Gasteiger partial charge is 0.336 e. The molecule has 2 N–H and O–H groups in total. The molecule has 5 nitrogen and oxygen atoms in total. The second kappa shape index (κ2) is 7.40. The molecule has 0 unspecified atom stereocenters. The molecule has 0 saturated carbocycles. The Kier molecular flexibility index (Phi) is 5.05. The standard InChI is InChI=1S/C20H21NO4/c1-13-18(22)8-7-17-15(11-19(23)25-20(13)17)12-21-10-9-14-3-5-16(24-2)6-4-14/h3-8,11,21-22H,9-10,12H2,1-2H3. The first-order chi connectivity index (χ1) is 12.1. The van der Waals surface area contributed by atoms with Crippen LogP contribution in [0.5, 0.6) is 11.5 Å². The summed E-state index contributed by atoms with van der Waals surface area (Å²) in [5, 5.41) is 14.0. The molecule has 5 heteroatoms. The number of hydrogen-bond acceptors (Lipinski definition) is 5. The SMILES string of the molecule is COc1ccc(CCNCc2cc(=O)oc3c(C)c(O)ccc23)cc1. The van der Waals surface area contributed by atoms with E-state index in [0.717, 1.165) is 29.7 Å². The number of phenols is 1. The Morgan fingerprint density at radius 3 is 2.64 bits per heavy atom. The van der Waals surface area contributed by atoms with E-state index >= 15 is 0 Å². The molecule has 1 aromatic heterocycles. The lowest BCUT2D eigenvalue weighted by molar-refractivity contribution is 0.414. The molecule has 0 atom stereocenters. The van der Waals surface area contributed by atoms with E-state index in [0.29, 0.717) is 17.7 Å². The Morgan fingerprint density at radius 1 is 1.16 bits per heavy atom. The predicted octanol–water partition coefficient (Wildman–Crippen LogP) is 3.15. The summed E-state index contributed by atoms with van der Waals surface area (Å²) >= 11 is 0. The molecule has 0 spiro atoms. The van der Waals surface area contributed by atoms with Crippen LogP contribution in [0, 0.1) is 6.92 Å². The van der Waals surface area contributed by atoms with Gasteiger partial charge in [0.1, 0.15) is 17.1 Å². The number of hydrogen-bond donors (Lipinski definition) is 2. The molecule has 3 rings (SSSR count). The summed E-state index contributed by atoms with van der Waals surface area (Å²) in [6, 6.07) is 12.9. The van der Waals surface area contributed by atoms with Crippen molar-refractivity contribution >= 4 is 11.0 Å². The predicted molar refractivity (Wildman–Crippen MR) is 97.3 cm³/mol. The molecule has 3 aromatic rings. The molecule has 25 heavy (non-hydrogen) atoms. The number of rotatable bonds is 6. The maximum atomic E-state index is 11.8. The van der Waals surface area contributed by atoms with Crippen molar-refractivity contribution < 1.29 is 14.3 Å². The number of aryl methyl sites for hydroxylation is 1. The highest BCUT2D eigenvalue weighted by Gasteiger charge is 2.10. The minimum atomic E-state index is -0.409. The highest BCUT2D eigenvalue weighted by molar-refractivity contribution is 5.84. The van der Waals surface area contributed by atoms with E-state index in [1.165, 1.54) is 11.6 Å². The first-order valence-electron chi connectivity index (χ1n) is 8.17. The van der Waals surface area contributed by atoms with Crippen LogP contribution in [-0.2, 0) is 13.0 Å². The van der Waals surface area contributed by atoms with Crippen molar-refractivity contribution in [3.8, 4) is 11.5 Å². The van der Waals surface area contributed by atoms with Crippen molar-refractivity contribution in [3.63, 3.8) is 0 Å². The van der Waals surface area contributed by atoms with Gasteiger partial charge < -0.3 is 19.6 Å². The van der Waals surface area contributed by atoms with Crippen LogP contribution < -0.4 is 15.7 Å². The van der Waals surface area contributed by atoms with E-state index < -0.39 is 5.63 Å². The summed E-state index contributed by atoms with van der Waals surface area (Å²) < 4.78 is 10.4. The molecule has 0 aliphatic heterocycles. The van der Waals surface area contributed by atoms with Gasteiger partial charge in [-0.25, -0.2) is 4.79 Å². The second-order valence-corrected chi connectivity index (χ2v) is 5.95. The molecule has 0 aliphatic rings. The molecule has 1 heterocycles. The van der Waals surface area contributed by atoms with Gasteiger partial charge in [-0.2, -0.15) is 0 Å². The molecular weight excluding hydrogens is 318 g/mol. The molecule has 0 bridgehead atoms.